The van der Waals surface area contributed by atoms with Crippen LogP contribution in [0.2, 0.25) is 0 Å². The smallest absolute Gasteiger partial charge is 0.338 e. The molecule has 8 heteroatoms. The zero-order valence-corrected chi connectivity index (χ0v) is 17.5. The van der Waals surface area contributed by atoms with Crippen molar-refractivity contribution in [2.75, 3.05) is 18.1 Å². The first-order valence-corrected chi connectivity index (χ1v) is 10.3. The summed E-state index contributed by atoms with van der Waals surface area (Å²) in [6, 6.07) is 5.41. The van der Waals surface area contributed by atoms with E-state index in [1.807, 2.05) is 16.8 Å². The van der Waals surface area contributed by atoms with Crippen LogP contribution in [0.15, 0.2) is 24.4 Å². The van der Waals surface area contributed by atoms with E-state index in [0.717, 1.165) is 11.9 Å². The number of aliphatic hydroxyl groups excluding tert-OH is 1. The maximum Gasteiger partial charge on any atom is 0.338 e. The molecule has 2 N–H and O–H groups in total. The van der Waals surface area contributed by atoms with E-state index in [1.54, 1.807) is 32.9 Å². The molecule has 1 amide bonds. The summed E-state index contributed by atoms with van der Waals surface area (Å²) in [4.78, 5) is 26.7. The zero-order valence-electron chi connectivity index (χ0n) is 17.5. The molecule has 2 heterocycles. The third kappa shape index (κ3) is 4.15. The number of benzene rings is 1. The standard InChI is InChI=1S/C22H28N2O6/c1-22(2,3)30-21(28)17(25)18-20(27)24(8-9-29-18)15-7-6-14-12-23(11-13-4-5-13)19(26)16(14)10-15/h6-7,10,12-13,17-18,25-26H,4-5,8-9,11H2,1-3H3/t17-,18-/m1/s1. The highest BCUT2D eigenvalue weighted by molar-refractivity contribution is 6.02. The van der Waals surface area contributed by atoms with Gasteiger partial charge in [-0.05, 0) is 51.7 Å². The summed E-state index contributed by atoms with van der Waals surface area (Å²) < 4.78 is 12.4. The average Bonchev–Trinajstić information content (AvgIpc) is 3.44. The van der Waals surface area contributed by atoms with Crippen LogP contribution in [0.4, 0.5) is 5.69 Å². The first kappa shape index (κ1) is 20.7. The van der Waals surface area contributed by atoms with Gasteiger partial charge in [0.15, 0.2) is 18.1 Å². The highest BCUT2D eigenvalue weighted by Gasteiger charge is 2.41. The molecule has 1 aliphatic heterocycles. The second-order valence-corrected chi connectivity index (χ2v) is 9.08. The number of esters is 1. The van der Waals surface area contributed by atoms with Crippen molar-refractivity contribution < 1.29 is 29.3 Å². The summed E-state index contributed by atoms with van der Waals surface area (Å²) in [6.45, 7) is 6.30. The Balaban J connectivity index is 1.55. The first-order chi connectivity index (χ1) is 14.1. The molecule has 2 aromatic rings. The van der Waals surface area contributed by atoms with Gasteiger partial charge in [-0.1, -0.05) is 6.07 Å². The lowest BCUT2D eigenvalue weighted by Gasteiger charge is -2.34. The Kier molecular flexibility index (Phi) is 5.23. The SMILES string of the molecule is CC(C)(C)OC(=O)[C@H](O)[C@H]1OCCN(c2ccc3cn(CC4CC4)c(O)c3c2)C1=O. The van der Waals surface area contributed by atoms with E-state index >= 15 is 0 Å². The predicted molar refractivity (Wildman–Crippen MR) is 110 cm³/mol. The quantitative estimate of drug-likeness (QED) is 0.725. The highest BCUT2D eigenvalue weighted by atomic mass is 16.6. The molecule has 1 saturated carbocycles. The Bertz CT molecular complexity index is 972. The molecule has 8 nitrogen and oxygen atoms in total. The summed E-state index contributed by atoms with van der Waals surface area (Å²) in [5, 5.41) is 22.5. The van der Waals surface area contributed by atoms with Gasteiger partial charge in [-0.15, -0.1) is 0 Å². The summed E-state index contributed by atoms with van der Waals surface area (Å²) in [7, 11) is 0. The van der Waals surface area contributed by atoms with Crippen LogP contribution in [0, 0.1) is 5.92 Å². The molecule has 2 fully saturated rings. The van der Waals surface area contributed by atoms with E-state index in [9.17, 15) is 19.8 Å². The molecular formula is C22H28N2O6. The van der Waals surface area contributed by atoms with Crippen molar-refractivity contribution >= 4 is 28.3 Å². The van der Waals surface area contributed by atoms with Crippen molar-refractivity contribution in [2.24, 2.45) is 5.92 Å². The Morgan fingerprint density at radius 2 is 2.07 bits per heavy atom. The van der Waals surface area contributed by atoms with Crippen molar-refractivity contribution in [3.05, 3.63) is 24.4 Å². The first-order valence-electron chi connectivity index (χ1n) is 10.3. The van der Waals surface area contributed by atoms with E-state index in [2.05, 4.69) is 0 Å². The van der Waals surface area contributed by atoms with Gasteiger partial charge >= 0.3 is 5.97 Å². The Labute approximate surface area is 175 Å². The number of anilines is 1. The van der Waals surface area contributed by atoms with E-state index in [4.69, 9.17) is 9.47 Å². The number of fused-ring (bicyclic) bond motifs is 1. The van der Waals surface area contributed by atoms with Gasteiger partial charge in [0.1, 0.15) is 5.60 Å². The van der Waals surface area contributed by atoms with Gasteiger partial charge in [0.05, 0.1) is 6.61 Å². The molecule has 0 spiro atoms. The lowest BCUT2D eigenvalue weighted by Crippen LogP contribution is -2.55. The lowest BCUT2D eigenvalue weighted by molar-refractivity contribution is -0.177. The van der Waals surface area contributed by atoms with Crippen LogP contribution in [0.25, 0.3) is 10.8 Å². The van der Waals surface area contributed by atoms with Crippen molar-refractivity contribution in [1.82, 2.24) is 4.57 Å². The Hall–Kier alpha value is -2.58. The molecule has 1 aromatic carbocycles. The van der Waals surface area contributed by atoms with Crippen LogP contribution in [-0.2, 0) is 25.6 Å². The van der Waals surface area contributed by atoms with Gasteiger partial charge in [0, 0.05) is 35.7 Å². The third-order valence-electron chi connectivity index (χ3n) is 5.37. The minimum Gasteiger partial charge on any atom is -0.494 e. The fraction of sp³-hybridized carbons (Fsp3) is 0.545. The van der Waals surface area contributed by atoms with Crippen molar-refractivity contribution in [2.45, 2.75) is 58.0 Å². The monoisotopic (exact) mass is 416 g/mol. The van der Waals surface area contributed by atoms with Crippen molar-refractivity contribution in [3.63, 3.8) is 0 Å². The molecule has 0 unspecified atom stereocenters. The Morgan fingerprint density at radius 3 is 2.73 bits per heavy atom. The number of ether oxygens (including phenoxy) is 2. The van der Waals surface area contributed by atoms with Gasteiger partial charge in [-0.3, -0.25) is 4.79 Å². The zero-order chi connectivity index (χ0) is 21.6. The van der Waals surface area contributed by atoms with E-state index < -0.39 is 29.7 Å². The number of aromatic hydroxyl groups is 1. The fourth-order valence-corrected chi connectivity index (χ4v) is 3.69. The summed E-state index contributed by atoms with van der Waals surface area (Å²) >= 11 is 0. The van der Waals surface area contributed by atoms with E-state index in [-0.39, 0.29) is 19.0 Å². The molecular weight excluding hydrogens is 388 g/mol. The summed E-state index contributed by atoms with van der Waals surface area (Å²) in [6.07, 6.45) is 1.24. The van der Waals surface area contributed by atoms with Gasteiger partial charge in [0.2, 0.25) is 0 Å². The number of hydrogen-bond donors (Lipinski definition) is 2. The second-order valence-electron chi connectivity index (χ2n) is 9.08. The summed E-state index contributed by atoms with van der Waals surface area (Å²) in [5.41, 5.74) is -0.206. The number of aromatic nitrogens is 1. The van der Waals surface area contributed by atoms with Crippen molar-refractivity contribution in [3.8, 4) is 5.88 Å². The molecule has 2 atom stereocenters. The van der Waals surface area contributed by atoms with Gasteiger partial charge < -0.3 is 29.2 Å². The number of morpholine rings is 1. The van der Waals surface area contributed by atoms with Crippen LogP contribution in [0.5, 0.6) is 5.88 Å². The number of hydrogen-bond acceptors (Lipinski definition) is 6. The topological polar surface area (TPSA) is 101 Å². The molecule has 4 rings (SSSR count). The predicted octanol–water partition coefficient (Wildman–Crippen LogP) is 2.19. The van der Waals surface area contributed by atoms with Gasteiger partial charge in [-0.2, -0.15) is 0 Å². The van der Waals surface area contributed by atoms with Crippen LogP contribution in [0.3, 0.4) is 0 Å². The van der Waals surface area contributed by atoms with Crippen LogP contribution in [-0.4, -0.2) is 57.6 Å². The Morgan fingerprint density at radius 1 is 1.33 bits per heavy atom. The van der Waals surface area contributed by atoms with Crippen LogP contribution in [0.1, 0.15) is 33.6 Å². The third-order valence-corrected chi connectivity index (χ3v) is 5.37. The molecule has 0 radical (unpaired) electrons. The number of rotatable bonds is 5. The highest BCUT2D eigenvalue weighted by Crippen LogP contribution is 2.36. The number of carbonyl (C=O) groups excluding carboxylic acids is 2. The number of amides is 1. The van der Waals surface area contributed by atoms with E-state index in [0.29, 0.717) is 17.0 Å². The molecule has 2 aliphatic rings. The lowest BCUT2D eigenvalue weighted by atomic mass is 10.1. The number of nitrogens with zero attached hydrogens (tertiary/aromatic N) is 2. The largest absolute Gasteiger partial charge is 0.494 e. The maximum absolute atomic E-state index is 13.0. The normalized spacial score (nSPS) is 21.1. The fourth-order valence-electron chi connectivity index (χ4n) is 3.69. The van der Waals surface area contributed by atoms with Gasteiger partial charge in [0.25, 0.3) is 5.91 Å². The van der Waals surface area contributed by atoms with E-state index in [1.165, 1.54) is 17.7 Å². The van der Waals surface area contributed by atoms with Crippen molar-refractivity contribution in [1.29, 1.82) is 0 Å². The van der Waals surface area contributed by atoms with Gasteiger partial charge in [-0.25, -0.2) is 4.79 Å². The molecule has 1 aromatic heterocycles. The molecule has 30 heavy (non-hydrogen) atoms. The average molecular weight is 416 g/mol. The number of aliphatic hydroxyl groups is 1. The molecule has 162 valence electrons. The molecule has 1 saturated heterocycles. The molecule has 1 aliphatic carbocycles. The minimum atomic E-state index is -1.71. The van der Waals surface area contributed by atoms with Crippen LogP contribution >= 0.6 is 0 Å². The second kappa shape index (κ2) is 7.59. The van der Waals surface area contributed by atoms with Crippen LogP contribution < -0.4 is 4.90 Å². The maximum atomic E-state index is 13.0. The number of carbonyl (C=O) groups is 2. The summed E-state index contributed by atoms with van der Waals surface area (Å²) in [5.74, 6) is -0.610. The molecule has 0 bridgehead atoms. The minimum absolute atomic E-state index is 0.170.